The van der Waals surface area contributed by atoms with Crippen LogP contribution in [0.5, 0.6) is 0 Å². The Morgan fingerprint density at radius 3 is 2.42 bits per heavy atom. The summed E-state index contributed by atoms with van der Waals surface area (Å²) in [6, 6.07) is 0. The lowest BCUT2D eigenvalue weighted by molar-refractivity contribution is -0.121. The highest BCUT2D eigenvalue weighted by atomic mass is 16.4. The van der Waals surface area contributed by atoms with E-state index in [0.29, 0.717) is 0 Å². The zero-order chi connectivity index (χ0) is 8.97. The second-order valence-electron chi connectivity index (χ2n) is 3.11. The molecule has 0 radical (unpaired) electrons. The first-order chi connectivity index (χ1) is 5.70. The van der Waals surface area contributed by atoms with E-state index in [0.717, 1.165) is 25.7 Å². The third-order valence-corrected chi connectivity index (χ3v) is 2.22. The Kier molecular flexibility index (Phi) is 3.08. The smallest absolute Gasteiger partial charge is 0.405 e. The first kappa shape index (κ1) is 9.03. The van der Waals surface area contributed by atoms with Gasteiger partial charge < -0.3 is 10.4 Å². The lowest BCUT2D eigenvalue weighted by Crippen LogP contribution is -2.30. The first-order valence-corrected chi connectivity index (χ1v) is 4.19. The molecule has 1 aliphatic rings. The van der Waals surface area contributed by atoms with E-state index in [1.165, 1.54) is 0 Å². The van der Waals surface area contributed by atoms with Gasteiger partial charge in [0.25, 0.3) is 0 Å². The molecule has 2 N–H and O–H groups in total. The Balaban J connectivity index is 2.23. The molecule has 1 saturated carbocycles. The third kappa shape index (κ3) is 2.53. The van der Waals surface area contributed by atoms with Crippen LogP contribution in [0.1, 0.15) is 25.7 Å². The molecular weight excluding hydrogens is 158 g/mol. The zero-order valence-corrected chi connectivity index (χ0v) is 6.88. The van der Waals surface area contributed by atoms with E-state index in [4.69, 9.17) is 5.11 Å². The standard InChI is InChI=1S/C8H13NO3/c10-7(5-9-8(11)12)6-3-1-2-4-6/h6,9H,1-5H2,(H,11,12). The Bertz CT molecular complexity index is 185. The van der Waals surface area contributed by atoms with Crippen LogP contribution < -0.4 is 5.32 Å². The summed E-state index contributed by atoms with van der Waals surface area (Å²) in [5.74, 6) is 0.145. The lowest BCUT2D eigenvalue weighted by atomic mass is 10.0. The van der Waals surface area contributed by atoms with Gasteiger partial charge in [0.05, 0.1) is 6.54 Å². The number of carbonyl (C=O) groups excluding carboxylic acids is 1. The largest absolute Gasteiger partial charge is 0.465 e. The Morgan fingerprint density at radius 1 is 1.33 bits per heavy atom. The summed E-state index contributed by atoms with van der Waals surface area (Å²) < 4.78 is 0. The van der Waals surface area contributed by atoms with E-state index in [9.17, 15) is 9.59 Å². The highest BCUT2D eigenvalue weighted by Gasteiger charge is 2.22. The predicted molar refractivity (Wildman–Crippen MR) is 43.0 cm³/mol. The summed E-state index contributed by atoms with van der Waals surface area (Å²) in [7, 11) is 0. The van der Waals surface area contributed by atoms with Gasteiger partial charge in [0.15, 0.2) is 5.78 Å². The van der Waals surface area contributed by atoms with Crippen LogP contribution in [-0.4, -0.2) is 23.5 Å². The molecule has 1 rings (SSSR count). The Hall–Kier alpha value is -1.06. The van der Waals surface area contributed by atoms with Crippen molar-refractivity contribution in [2.24, 2.45) is 5.92 Å². The molecule has 1 aliphatic carbocycles. The van der Waals surface area contributed by atoms with Crippen molar-refractivity contribution in [3.05, 3.63) is 0 Å². The summed E-state index contributed by atoms with van der Waals surface area (Å²) >= 11 is 0. The molecule has 0 aromatic carbocycles. The van der Waals surface area contributed by atoms with Gasteiger partial charge in [-0.15, -0.1) is 0 Å². The second-order valence-corrected chi connectivity index (χ2v) is 3.11. The number of amides is 1. The van der Waals surface area contributed by atoms with Crippen LogP contribution in [0.15, 0.2) is 0 Å². The van der Waals surface area contributed by atoms with E-state index in [-0.39, 0.29) is 18.2 Å². The van der Waals surface area contributed by atoms with Crippen molar-refractivity contribution in [1.82, 2.24) is 5.32 Å². The summed E-state index contributed by atoms with van der Waals surface area (Å²) in [5.41, 5.74) is 0. The van der Waals surface area contributed by atoms with Gasteiger partial charge in [0.1, 0.15) is 0 Å². The molecule has 0 heterocycles. The van der Waals surface area contributed by atoms with Crippen LogP contribution in [0, 0.1) is 5.92 Å². The van der Waals surface area contributed by atoms with Crippen molar-refractivity contribution < 1.29 is 14.7 Å². The molecule has 4 nitrogen and oxygen atoms in total. The molecule has 1 amide bonds. The quantitative estimate of drug-likeness (QED) is 0.666. The van der Waals surface area contributed by atoms with Crippen LogP contribution >= 0.6 is 0 Å². The fraction of sp³-hybridized carbons (Fsp3) is 0.750. The van der Waals surface area contributed by atoms with Crippen LogP contribution in [0.4, 0.5) is 4.79 Å². The van der Waals surface area contributed by atoms with Crippen LogP contribution in [0.3, 0.4) is 0 Å². The second kappa shape index (κ2) is 4.09. The van der Waals surface area contributed by atoms with Gasteiger partial charge >= 0.3 is 6.09 Å². The fourth-order valence-electron chi connectivity index (χ4n) is 1.55. The number of hydrogen-bond donors (Lipinski definition) is 2. The number of hydrogen-bond acceptors (Lipinski definition) is 2. The first-order valence-electron chi connectivity index (χ1n) is 4.19. The monoisotopic (exact) mass is 171 g/mol. The minimum atomic E-state index is -1.12. The predicted octanol–water partition coefficient (Wildman–Crippen LogP) is 1.01. The van der Waals surface area contributed by atoms with Gasteiger partial charge in [-0.1, -0.05) is 12.8 Å². The van der Waals surface area contributed by atoms with Crippen LogP contribution in [0.25, 0.3) is 0 Å². The third-order valence-electron chi connectivity index (χ3n) is 2.22. The van der Waals surface area contributed by atoms with Crippen molar-refractivity contribution in [1.29, 1.82) is 0 Å². The maximum absolute atomic E-state index is 11.2. The number of nitrogens with one attached hydrogen (secondary N) is 1. The molecule has 0 atom stereocenters. The van der Waals surface area contributed by atoms with E-state index in [1.807, 2.05) is 0 Å². The number of ketones is 1. The molecule has 12 heavy (non-hydrogen) atoms. The fourth-order valence-corrected chi connectivity index (χ4v) is 1.55. The molecule has 4 heteroatoms. The van der Waals surface area contributed by atoms with Crippen LogP contribution in [0.2, 0.25) is 0 Å². The SMILES string of the molecule is O=C(O)NCC(=O)C1CCCC1. The van der Waals surface area contributed by atoms with Gasteiger partial charge in [-0.05, 0) is 12.8 Å². The van der Waals surface area contributed by atoms with Gasteiger partial charge in [-0.3, -0.25) is 4.79 Å². The van der Waals surface area contributed by atoms with Crippen molar-refractivity contribution in [3.63, 3.8) is 0 Å². The van der Waals surface area contributed by atoms with Crippen molar-refractivity contribution in [2.45, 2.75) is 25.7 Å². The maximum Gasteiger partial charge on any atom is 0.405 e. The van der Waals surface area contributed by atoms with Crippen molar-refractivity contribution >= 4 is 11.9 Å². The summed E-state index contributed by atoms with van der Waals surface area (Å²) in [4.78, 5) is 21.3. The van der Waals surface area contributed by atoms with Gasteiger partial charge in [-0.25, -0.2) is 4.79 Å². The summed E-state index contributed by atoms with van der Waals surface area (Å²) in [6.07, 6.45) is 2.94. The summed E-state index contributed by atoms with van der Waals surface area (Å²) in [6.45, 7) is -0.0278. The molecule has 0 saturated heterocycles. The van der Waals surface area contributed by atoms with Crippen molar-refractivity contribution in [2.75, 3.05) is 6.54 Å². The number of Topliss-reactive ketones (excluding diaryl/α,β-unsaturated/α-hetero) is 1. The molecule has 1 fully saturated rings. The minimum absolute atomic E-state index is 0.0278. The zero-order valence-electron chi connectivity index (χ0n) is 6.88. The highest BCUT2D eigenvalue weighted by molar-refractivity contribution is 5.85. The molecule has 0 aromatic heterocycles. The van der Waals surface area contributed by atoms with E-state index >= 15 is 0 Å². The van der Waals surface area contributed by atoms with Crippen molar-refractivity contribution in [3.8, 4) is 0 Å². The molecule has 0 bridgehead atoms. The number of rotatable bonds is 3. The normalized spacial score (nSPS) is 17.7. The molecule has 0 aromatic rings. The Morgan fingerprint density at radius 2 is 1.92 bits per heavy atom. The summed E-state index contributed by atoms with van der Waals surface area (Å²) in [5, 5.41) is 10.3. The van der Waals surface area contributed by atoms with Gasteiger partial charge in [-0.2, -0.15) is 0 Å². The molecule has 0 spiro atoms. The average Bonchev–Trinajstić information content (AvgIpc) is 2.51. The van der Waals surface area contributed by atoms with E-state index in [1.54, 1.807) is 0 Å². The van der Waals surface area contributed by atoms with Gasteiger partial charge in [0.2, 0.25) is 0 Å². The van der Waals surface area contributed by atoms with Crippen LogP contribution in [-0.2, 0) is 4.79 Å². The number of carbonyl (C=O) groups is 2. The lowest BCUT2D eigenvalue weighted by Gasteiger charge is -2.06. The molecule has 0 unspecified atom stereocenters. The topological polar surface area (TPSA) is 66.4 Å². The highest BCUT2D eigenvalue weighted by Crippen LogP contribution is 2.24. The van der Waals surface area contributed by atoms with E-state index < -0.39 is 6.09 Å². The van der Waals surface area contributed by atoms with Gasteiger partial charge in [0, 0.05) is 5.92 Å². The molecular formula is C8H13NO3. The average molecular weight is 171 g/mol. The number of carboxylic acid groups (broad SMARTS) is 1. The molecule has 0 aliphatic heterocycles. The maximum atomic E-state index is 11.2. The minimum Gasteiger partial charge on any atom is -0.465 e. The Labute approximate surface area is 71.0 Å². The van der Waals surface area contributed by atoms with E-state index in [2.05, 4.69) is 5.32 Å². The molecule has 68 valence electrons.